The number of hydrogen-bond donors (Lipinski definition) is 3. The molecule has 0 radical (unpaired) electrons. The molecule has 0 saturated carbocycles. The molecule has 0 saturated heterocycles. The Kier molecular flexibility index (Phi) is 6.17. The van der Waals surface area contributed by atoms with Gasteiger partial charge in [0.25, 0.3) is 0 Å². The molecule has 1 atom stereocenters. The van der Waals surface area contributed by atoms with Gasteiger partial charge in [0.05, 0.1) is 5.56 Å². The third-order valence-corrected chi connectivity index (χ3v) is 3.35. The molecule has 0 bridgehead atoms. The van der Waals surface area contributed by atoms with Crippen LogP contribution in [0.3, 0.4) is 0 Å². The number of carboxylic acid groups (broad SMARTS) is 1. The van der Waals surface area contributed by atoms with Crippen LogP contribution >= 0.6 is 11.3 Å². The molecule has 0 spiro atoms. The van der Waals surface area contributed by atoms with Crippen LogP contribution in [0.25, 0.3) is 0 Å². The molecule has 1 aromatic heterocycles. The van der Waals surface area contributed by atoms with Crippen LogP contribution in [-0.4, -0.2) is 35.4 Å². The summed E-state index contributed by atoms with van der Waals surface area (Å²) in [5.41, 5.74) is -0.210. The van der Waals surface area contributed by atoms with E-state index in [9.17, 15) is 9.59 Å². The first-order valence-corrected chi connectivity index (χ1v) is 7.56. The number of alkyl carbamates (subject to hydrolysis) is 1. The second-order valence-corrected chi connectivity index (χ2v) is 6.78. The maximum atomic E-state index is 11.6. The van der Waals surface area contributed by atoms with E-state index in [2.05, 4.69) is 10.6 Å². The van der Waals surface area contributed by atoms with Gasteiger partial charge in [-0.3, -0.25) is 0 Å². The lowest BCUT2D eigenvalue weighted by Gasteiger charge is -2.22. The average molecular weight is 314 g/mol. The number of thiophene rings is 1. The average Bonchev–Trinajstić information content (AvgIpc) is 2.74. The van der Waals surface area contributed by atoms with E-state index in [1.165, 1.54) is 11.3 Å². The summed E-state index contributed by atoms with van der Waals surface area (Å²) in [5.74, 6) is -0.919. The highest BCUT2D eigenvalue weighted by atomic mass is 32.1. The standard InChI is InChI=1S/C14H22N2O4S/c1-9(16-13(19)20-14(2,3)4)6-15-7-11-5-10(8-21-11)12(17)18/h5,8-9,15H,6-7H2,1-4H3,(H,16,19)(H,17,18). The first kappa shape index (κ1) is 17.5. The highest BCUT2D eigenvalue weighted by molar-refractivity contribution is 7.10. The smallest absolute Gasteiger partial charge is 0.407 e. The molecule has 1 amide bonds. The SMILES string of the molecule is CC(CNCc1cc(C(=O)O)cs1)NC(=O)OC(C)(C)C. The Morgan fingerprint density at radius 1 is 1.43 bits per heavy atom. The summed E-state index contributed by atoms with van der Waals surface area (Å²) in [5, 5.41) is 16.3. The largest absolute Gasteiger partial charge is 0.478 e. The Balaban J connectivity index is 2.28. The second-order valence-electron chi connectivity index (χ2n) is 5.79. The maximum Gasteiger partial charge on any atom is 0.407 e. The van der Waals surface area contributed by atoms with Crippen LogP contribution < -0.4 is 10.6 Å². The number of amides is 1. The molecule has 0 aliphatic rings. The van der Waals surface area contributed by atoms with E-state index in [1.807, 2.05) is 27.7 Å². The second kappa shape index (κ2) is 7.42. The van der Waals surface area contributed by atoms with E-state index in [-0.39, 0.29) is 6.04 Å². The van der Waals surface area contributed by atoms with E-state index >= 15 is 0 Å². The molecular formula is C14H22N2O4S. The third-order valence-electron chi connectivity index (χ3n) is 2.41. The van der Waals surface area contributed by atoms with Gasteiger partial charge in [0.2, 0.25) is 0 Å². The Labute approximate surface area is 128 Å². The van der Waals surface area contributed by atoms with Crippen molar-refractivity contribution >= 4 is 23.4 Å². The molecule has 0 aliphatic heterocycles. The van der Waals surface area contributed by atoms with Crippen LogP contribution in [0.5, 0.6) is 0 Å². The number of ether oxygens (including phenoxy) is 1. The predicted octanol–water partition coefficient (Wildman–Crippen LogP) is 2.45. The van der Waals surface area contributed by atoms with Crippen molar-refractivity contribution in [3.8, 4) is 0 Å². The van der Waals surface area contributed by atoms with Gasteiger partial charge in [0.1, 0.15) is 5.60 Å². The quantitative estimate of drug-likeness (QED) is 0.750. The number of aromatic carboxylic acids is 1. The lowest BCUT2D eigenvalue weighted by atomic mass is 10.2. The van der Waals surface area contributed by atoms with Crippen molar-refractivity contribution in [2.24, 2.45) is 0 Å². The number of carbonyl (C=O) groups is 2. The number of carbonyl (C=O) groups excluding carboxylic acids is 1. The van der Waals surface area contributed by atoms with Gasteiger partial charge in [-0.2, -0.15) is 0 Å². The summed E-state index contributed by atoms with van der Waals surface area (Å²) in [6.07, 6.45) is -0.443. The van der Waals surface area contributed by atoms with Crippen molar-refractivity contribution in [2.45, 2.75) is 45.9 Å². The first-order chi connectivity index (χ1) is 9.67. The van der Waals surface area contributed by atoms with Crippen LogP contribution in [0.4, 0.5) is 4.79 Å². The molecule has 1 heterocycles. The summed E-state index contributed by atoms with van der Waals surface area (Å²) in [7, 11) is 0. The number of hydrogen-bond acceptors (Lipinski definition) is 5. The zero-order valence-electron chi connectivity index (χ0n) is 12.7. The molecular weight excluding hydrogens is 292 g/mol. The number of carboxylic acids is 1. The fraction of sp³-hybridized carbons (Fsp3) is 0.571. The van der Waals surface area contributed by atoms with Gasteiger partial charge >= 0.3 is 12.1 Å². The van der Waals surface area contributed by atoms with Gasteiger partial charge in [-0.1, -0.05) is 0 Å². The van der Waals surface area contributed by atoms with Crippen molar-refractivity contribution < 1.29 is 19.4 Å². The maximum absolute atomic E-state index is 11.6. The van der Waals surface area contributed by atoms with Gasteiger partial charge in [0, 0.05) is 29.4 Å². The molecule has 6 nitrogen and oxygen atoms in total. The minimum absolute atomic E-state index is 0.0845. The van der Waals surface area contributed by atoms with Gasteiger partial charge in [0.15, 0.2) is 0 Å². The van der Waals surface area contributed by atoms with E-state index in [0.29, 0.717) is 18.7 Å². The number of nitrogens with one attached hydrogen (secondary N) is 2. The Morgan fingerprint density at radius 2 is 2.10 bits per heavy atom. The minimum Gasteiger partial charge on any atom is -0.478 e. The molecule has 1 aromatic rings. The molecule has 0 aromatic carbocycles. The summed E-state index contributed by atoms with van der Waals surface area (Å²) in [6, 6.07) is 1.56. The van der Waals surface area contributed by atoms with Crippen LogP contribution in [0.2, 0.25) is 0 Å². The zero-order chi connectivity index (χ0) is 16.0. The van der Waals surface area contributed by atoms with Crippen molar-refractivity contribution in [3.63, 3.8) is 0 Å². The highest BCUT2D eigenvalue weighted by Gasteiger charge is 2.17. The summed E-state index contributed by atoms with van der Waals surface area (Å²) < 4.78 is 5.16. The van der Waals surface area contributed by atoms with Crippen LogP contribution in [0, 0.1) is 0 Å². The van der Waals surface area contributed by atoms with Crippen molar-refractivity contribution in [1.29, 1.82) is 0 Å². The Hall–Kier alpha value is -1.60. The summed E-state index contributed by atoms with van der Waals surface area (Å²) in [4.78, 5) is 23.3. The fourth-order valence-corrected chi connectivity index (χ4v) is 2.38. The fourth-order valence-electron chi connectivity index (χ4n) is 1.56. The third kappa shape index (κ3) is 7.10. The molecule has 1 unspecified atom stereocenters. The highest BCUT2D eigenvalue weighted by Crippen LogP contribution is 2.14. The van der Waals surface area contributed by atoms with Crippen molar-refractivity contribution in [3.05, 3.63) is 21.9 Å². The van der Waals surface area contributed by atoms with Crippen LogP contribution in [-0.2, 0) is 11.3 Å². The molecule has 1 rings (SSSR count). The summed E-state index contributed by atoms with van der Waals surface area (Å²) >= 11 is 1.40. The monoisotopic (exact) mass is 314 g/mol. The lowest BCUT2D eigenvalue weighted by molar-refractivity contribution is 0.0507. The molecule has 0 fully saturated rings. The molecule has 0 aliphatic carbocycles. The van der Waals surface area contributed by atoms with Gasteiger partial charge in [-0.05, 0) is 33.8 Å². The van der Waals surface area contributed by atoms with E-state index < -0.39 is 17.7 Å². The van der Waals surface area contributed by atoms with E-state index in [1.54, 1.807) is 11.4 Å². The Morgan fingerprint density at radius 3 is 2.62 bits per heavy atom. The molecule has 21 heavy (non-hydrogen) atoms. The van der Waals surface area contributed by atoms with Crippen LogP contribution in [0.1, 0.15) is 42.9 Å². The van der Waals surface area contributed by atoms with Crippen molar-refractivity contribution in [2.75, 3.05) is 6.54 Å². The lowest BCUT2D eigenvalue weighted by Crippen LogP contribution is -2.42. The zero-order valence-corrected chi connectivity index (χ0v) is 13.5. The normalized spacial score (nSPS) is 12.8. The molecule has 7 heteroatoms. The van der Waals surface area contributed by atoms with Crippen molar-refractivity contribution in [1.82, 2.24) is 10.6 Å². The molecule has 118 valence electrons. The first-order valence-electron chi connectivity index (χ1n) is 6.68. The minimum atomic E-state index is -0.919. The van der Waals surface area contributed by atoms with Gasteiger partial charge < -0.3 is 20.5 Å². The molecule has 3 N–H and O–H groups in total. The Bertz CT molecular complexity index is 493. The topological polar surface area (TPSA) is 87.7 Å². The van der Waals surface area contributed by atoms with Gasteiger partial charge in [-0.25, -0.2) is 9.59 Å². The van der Waals surface area contributed by atoms with E-state index in [0.717, 1.165) is 4.88 Å². The van der Waals surface area contributed by atoms with Gasteiger partial charge in [-0.15, -0.1) is 11.3 Å². The number of rotatable bonds is 6. The summed E-state index contributed by atoms with van der Waals surface area (Å²) in [6.45, 7) is 8.44. The van der Waals surface area contributed by atoms with E-state index in [4.69, 9.17) is 9.84 Å². The predicted molar refractivity (Wildman–Crippen MR) is 81.8 cm³/mol. The van der Waals surface area contributed by atoms with Crippen LogP contribution in [0.15, 0.2) is 11.4 Å².